The van der Waals surface area contributed by atoms with Gasteiger partial charge in [-0.15, -0.1) is 0 Å². The van der Waals surface area contributed by atoms with Crippen LogP contribution in [0.2, 0.25) is 0 Å². The predicted molar refractivity (Wildman–Crippen MR) is 84.2 cm³/mol. The number of piperidine rings is 1. The van der Waals surface area contributed by atoms with Crippen LogP contribution in [0.5, 0.6) is 0 Å². The molecule has 1 aliphatic heterocycles. The molecule has 0 radical (unpaired) electrons. The van der Waals surface area contributed by atoms with Gasteiger partial charge in [0.25, 0.3) is 5.91 Å². The number of halogens is 3. The molecule has 1 heterocycles. The smallest absolute Gasteiger partial charge is 0.349 e. The second kappa shape index (κ2) is 5.62. The molecule has 6 heteroatoms. The molecule has 4 aliphatic rings. The zero-order chi connectivity index (χ0) is 16.9. The topological polar surface area (TPSA) is 32.3 Å². The monoisotopic (exact) mass is 336 g/mol. The normalized spacial score (nSPS) is 23.5. The first-order valence-electron chi connectivity index (χ1n) is 8.37. The van der Waals surface area contributed by atoms with E-state index in [1.165, 1.54) is 16.7 Å². The van der Waals surface area contributed by atoms with Crippen molar-refractivity contribution in [3.63, 3.8) is 0 Å². The standard InChI is InChI=1S/C18H19F3N2O/c19-18(20,21)5-8-23-6-3-12(4-7-23)22-17(24)14-2-1-13-15-9-11(15)10-16(13)14/h1-2,10,12H,3-9H2,(H,22,24). The van der Waals surface area contributed by atoms with Gasteiger partial charge in [0.05, 0.1) is 6.42 Å². The average Bonchev–Trinajstić information content (AvgIpc) is 3.01. The molecule has 0 bridgehead atoms. The van der Waals surface area contributed by atoms with E-state index in [-0.39, 0.29) is 18.5 Å². The molecular weight excluding hydrogens is 317 g/mol. The zero-order valence-electron chi connectivity index (χ0n) is 13.2. The van der Waals surface area contributed by atoms with Crippen LogP contribution in [0.15, 0.2) is 46.1 Å². The molecule has 0 unspecified atom stereocenters. The van der Waals surface area contributed by atoms with Gasteiger partial charge in [-0.1, -0.05) is 6.08 Å². The Morgan fingerprint density at radius 1 is 1.21 bits per heavy atom. The van der Waals surface area contributed by atoms with Crippen LogP contribution in [-0.2, 0) is 4.79 Å². The lowest BCUT2D eigenvalue weighted by Gasteiger charge is -2.32. The fourth-order valence-corrected chi connectivity index (χ4v) is 3.68. The van der Waals surface area contributed by atoms with Crippen molar-refractivity contribution in [2.24, 2.45) is 0 Å². The highest BCUT2D eigenvalue weighted by Crippen LogP contribution is 2.51. The maximum absolute atomic E-state index is 12.5. The van der Waals surface area contributed by atoms with Crippen molar-refractivity contribution in [1.82, 2.24) is 10.2 Å². The van der Waals surface area contributed by atoms with Crippen molar-refractivity contribution in [2.75, 3.05) is 19.6 Å². The van der Waals surface area contributed by atoms with Gasteiger partial charge in [-0.25, -0.2) is 0 Å². The summed E-state index contributed by atoms with van der Waals surface area (Å²) in [6, 6.07) is 0.0430. The number of amides is 1. The van der Waals surface area contributed by atoms with Crippen LogP contribution < -0.4 is 5.32 Å². The van der Waals surface area contributed by atoms with Crippen LogP contribution >= 0.6 is 0 Å². The van der Waals surface area contributed by atoms with Crippen LogP contribution in [0.4, 0.5) is 13.2 Å². The Balaban J connectivity index is 1.28. The first kappa shape index (κ1) is 15.7. The van der Waals surface area contributed by atoms with E-state index in [9.17, 15) is 18.0 Å². The fourth-order valence-electron chi connectivity index (χ4n) is 3.68. The molecular formula is C18H19F3N2O. The van der Waals surface area contributed by atoms with Crippen molar-refractivity contribution in [3.05, 3.63) is 46.1 Å². The SMILES string of the molecule is O=C(NC1CCN(CCC(F)(F)F)CC1)C1=C2C=C3CC3=C2C=C1. The van der Waals surface area contributed by atoms with E-state index < -0.39 is 12.6 Å². The molecule has 0 atom stereocenters. The third kappa shape index (κ3) is 3.07. The second-order valence-corrected chi connectivity index (χ2v) is 6.85. The summed E-state index contributed by atoms with van der Waals surface area (Å²) in [5, 5.41) is 3.05. The van der Waals surface area contributed by atoms with Gasteiger partial charge in [0.1, 0.15) is 0 Å². The first-order chi connectivity index (χ1) is 11.4. The highest BCUT2D eigenvalue weighted by atomic mass is 19.4. The van der Waals surface area contributed by atoms with Crippen LogP contribution in [0.3, 0.4) is 0 Å². The first-order valence-corrected chi connectivity index (χ1v) is 8.37. The summed E-state index contributed by atoms with van der Waals surface area (Å²) in [4.78, 5) is 14.3. The number of allylic oxidation sites excluding steroid dienone is 6. The van der Waals surface area contributed by atoms with Gasteiger partial charge < -0.3 is 10.2 Å². The fraction of sp³-hybridized carbons (Fsp3) is 0.500. The Bertz CT molecular complexity index is 704. The number of nitrogens with one attached hydrogen (secondary N) is 1. The van der Waals surface area contributed by atoms with Gasteiger partial charge >= 0.3 is 6.18 Å². The minimum atomic E-state index is -4.10. The van der Waals surface area contributed by atoms with Crippen LogP contribution in [0.25, 0.3) is 0 Å². The van der Waals surface area contributed by atoms with Crippen molar-refractivity contribution in [3.8, 4) is 0 Å². The van der Waals surface area contributed by atoms with E-state index in [2.05, 4.69) is 11.4 Å². The molecule has 128 valence electrons. The summed E-state index contributed by atoms with van der Waals surface area (Å²) >= 11 is 0. The van der Waals surface area contributed by atoms with Crippen molar-refractivity contribution < 1.29 is 18.0 Å². The lowest BCUT2D eigenvalue weighted by atomic mass is 10.0. The summed E-state index contributed by atoms with van der Waals surface area (Å²) in [5.41, 5.74) is 5.65. The van der Waals surface area contributed by atoms with Gasteiger partial charge in [-0.2, -0.15) is 13.2 Å². The molecule has 3 aliphatic carbocycles. The van der Waals surface area contributed by atoms with Crippen molar-refractivity contribution in [1.29, 1.82) is 0 Å². The maximum atomic E-state index is 12.5. The largest absolute Gasteiger partial charge is 0.390 e. The second-order valence-electron chi connectivity index (χ2n) is 6.85. The average molecular weight is 336 g/mol. The van der Waals surface area contributed by atoms with Gasteiger partial charge in [-0.05, 0) is 53.7 Å². The van der Waals surface area contributed by atoms with Crippen molar-refractivity contribution in [2.45, 2.75) is 37.9 Å². The number of alkyl halides is 3. The highest BCUT2D eigenvalue weighted by molar-refractivity contribution is 6.01. The number of nitrogens with zero attached hydrogens (tertiary/aromatic N) is 1. The third-order valence-electron chi connectivity index (χ3n) is 5.15. The zero-order valence-corrected chi connectivity index (χ0v) is 13.2. The quantitative estimate of drug-likeness (QED) is 0.856. The van der Waals surface area contributed by atoms with Gasteiger partial charge in [0.2, 0.25) is 0 Å². The number of likely N-dealkylation sites (tertiary alicyclic amines) is 1. The molecule has 0 spiro atoms. The van der Waals surface area contributed by atoms with Gasteiger partial charge in [0, 0.05) is 31.2 Å². The van der Waals surface area contributed by atoms with E-state index in [1.54, 1.807) is 0 Å². The molecule has 1 amide bonds. The number of carbonyl (C=O) groups is 1. The molecule has 0 aromatic heterocycles. The van der Waals surface area contributed by atoms with E-state index in [1.807, 2.05) is 17.1 Å². The Morgan fingerprint density at radius 3 is 2.67 bits per heavy atom. The minimum Gasteiger partial charge on any atom is -0.349 e. The summed E-state index contributed by atoms with van der Waals surface area (Å²) in [6.45, 7) is 1.25. The van der Waals surface area contributed by atoms with Gasteiger partial charge in [-0.3, -0.25) is 4.79 Å². The summed E-state index contributed by atoms with van der Waals surface area (Å²) in [6.07, 6.45) is 3.56. The molecule has 1 N–H and O–H groups in total. The Hall–Kier alpha value is -1.82. The molecule has 0 aromatic rings. The number of hydrogen-bond acceptors (Lipinski definition) is 2. The lowest BCUT2D eigenvalue weighted by molar-refractivity contribution is -0.138. The van der Waals surface area contributed by atoms with Crippen LogP contribution in [0.1, 0.15) is 25.7 Å². The van der Waals surface area contributed by atoms with E-state index in [0.29, 0.717) is 25.9 Å². The van der Waals surface area contributed by atoms with E-state index in [4.69, 9.17) is 0 Å². The van der Waals surface area contributed by atoms with Gasteiger partial charge in [0.15, 0.2) is 0 Å². The summed E-state index contributed by atoms with van der Waals surface area (Å²) in [7, 11) is 0. The van der Waals surface area contributed by atoms with Crippen molar-refractivity contribution >= 4 is 5.91 Å². The summed E-state index contributed by atoms with van der Waals surface area (Å²) in [5.74, 6) is -0.0660. The number of hydrogen-bond donors (Lipinski definition) is 1. The third-order valence-corrected chi connectivity index (χ3v) is 5.15. The number of carbonyl (C=O) groups excluding carboxylic acids is 1. The highest BCUT2D eigenvalue weighted by Gasteiger charge is 2.36. The predicted octanol–water partition coefficient (Wildman–Crippen LogP) is 3.03. The molecule has 4 rings (SSSR count). The summed E-state index contributed by atoms with van der Waals surface area (Å²) < 4.78 is 36.8. The molecule has 3 nitrogen and oxygen atoms in total. The van der Waals surface area contributed by atoms with E-state index >= 15 is 0 Å². The molecule has 2 fully saturated rings. The molecule has 1 saturated carbocycles. The number of rotatable bonds is 4. The molecule has 1 saturated heterocycles. The minimum absolute atomic E-state index is 0.0430. The maximum Gasteiger partial charge on any atom is 0.390 e. The molecule has 0 aromatic carbocycles. The Morgan fingerprint density at radius 2 is 1.96 bits per heavy atom. The Labute approximate surface area is 138 Å². The lowest BCUT2D eigenvalue weighted by Crippen LogP contribution is -2.45. The number of fused-ring (bicyclic) bond motifs is 2. The van der Waals surface area contributed by atoms with Crippen LogP contribution in [0, 0.1) is 0 Å². The van der Waals surface area contributed by atoms with E-state index in [0.717, 1.165) is 17.6 Å². The molecule has 24 heavy (non-hydrogen) atoms. The van der Waals surface area contributed by atoms with Crippen LogP contribution in [-0.4, -0.2) is 42.7 Å². The Kier molecular flexibility index (Phi) is 3.67.